The van der Waals surface area contributed by atoms with Crippen LogP contribution >= 0.6 is 30.9 Å². The van der Waals surface area contributed by atoms with Gasteiger partial charge in [0.05, 0.1) is 6.10 Å². The van der Waals surface area contributed by atoms with Gasteiger partial charge in [-0.25, -0.2) is 9.34 Å². The Morgan fingerprint density at radius 2 is 1.89 bits per heavy atom. The zero-order valence-electron chi connectivity index (χ0n) is 11.5. The number of hydrogen-bond acceptors (Lipinski definition) is 2. The maximum absolute atomic E-state index is 13.2. The van der Waals surface area contributed by atoms with Crippen molar-refractivity contribution in [1.29, 1.82) is 0 Å². The third-order valence-electron chi connectivity index (χ3n) is 3.40. The predicted octanol–water partition coefficient (Wildman–Crippen LogP) is 3.39. The van der Waals surface area contributed by atoms with Gasteiger partial charge < -0.3 is 4.52 Å². The lowest BCUT2D eigenvalue weighted by atomic mass is 9.98. The van der Waals surface area contributed by atoms with Crippen LogP contribution < -0.4 is 0 Å². The van der Waals surface area contributed by atoms with E-state index in [1.807, 2.05) is 18.6 Å². The van der Waals surface area contributed by atoms with Crippen LogP contribution in [-0.2, 0) is 9.09 Å². The lowest BCUT2D eigenvalue weighted by Gasteiger charge is -2.49. The van der Waals surface area contributed by atoms with Crippen molar-refractivity contribution in [2.24, 2.45) is 0 Å². The van der Waals surface area contributed by atoms with Crippen molar-refractivity contribution in [2.45, 2.75) is 38.8 Å². The Hall–Kier alpha value is 0.690. The molecule has 18 heavy (non-hydrogen) atoms. The van der Waals surface area contributed by atoms with Gasteiger partial charge in [0.15, 0.2) is 0 Å². The first kappa shape index (κ1) is 16.7. The summed E-state index contributed by atoms with van der Waals surface area (Å²) in [5, 5.41) is 0. The van der Waals surface area contributed by atoms with Crippen LogP contribution in [0.5, 0.6) is 0 Å². The summed E-state index contributed by atoms with van der Waals surface area (Å²) in [5.41, 5.74) is -0.163. The first-order valence-electron chi connectivity index (χ1n) is 6.18. The van der Waals surface area contributed by atoms with Crippen molar-refractivity contribution in [3.63, 3.8) is 0 Å². The number of nitrogens with zero attached hydrogens (tertiary/aromatic N) is 2. The number of hydrogen-bond donors (Lipinski definition) is 0. The van der Waals surface area contributed by atoms with Crippen molar-refractivity contribution >= 4 is 30.9 Å². The van der Waals surface area contributed by atoms with Gasteiger partial charge in [-0.15, -0.1) is 23.2 Å². The van der Waals surface area contributed by atoms with Crippen molar-refractivity contribution < 1.29 is 9.09 Å². The molecular formula is C11H23Cl2N2O2P. The van der Waals surface area contributed by atoms with Crippen molar-refractivity contribution in [1.82, 2.24) is 9.34 Å². The fourth-order valence-electron chi connectivity index (χ4n) is 2.34. The Labute approximate surface area is 120 Å². The maximum Gasteiger partial charge on any atom is 0.346 e. The molecule has 0 aromatic rings. The largest absolute Gasteiger partial charge is 0.346 e. The van der Waals surface area contributed by atoms with Crippen LogP contribution in [0.3, 0.4) is 0 Å². The minimum atomic E-state index is -3.03. The summed E-state index contributed by atoms with van der Waals surface area (Å²) in [6.45, 7) is 7.15. The molecule has 0 amide bonds. The standard InChI is InChI=1S/C11H23Cl2N2O2P/c1-10-9-11(2,3)14(4)18(16,17-10)15(7-5-12)8-6-13/h10H,5-9H2,1-4H3. The van der Waals surface area contributed by atoms with Gasteiger partial charge >= 0.3 is 7.67 Å². The van der Waals surface area contributed by atoms with Gasteiger partial charge in [0.25, 0.3) is 0 Å². The molecule has 2 unspecified atom stereocenters. The molecule has 1 fully saturated rings. The molecule has 0 radical (unpaired) electrons. The Balaban J connectivity index is 3.02. The molecule has 7 heteroatoms. The van der Waals surface area contributed by atoms with E-state index in [2.05, 4.69) is 13.8 Å². The van der Waals surface area contributed by atoms with Crippen LogP contribution in [0, 0.1) is 0 Å². The minimum Gasteiger partial charge on any atom is -0.303 e. The molecule has 0 aromatic carbocycles. The lowest BCUT2D eigenvalue weighted by molar-refractivity contribution is 0.0517. The number of halogens is 2. The van der Waals surface area contributed by atoms with E-state index in [1.165, 1.54) is 0 Å². The number of rotatable bonds is 5. The topological polar surface area (TPSA) is 32.8 Å². The highest BCUT2D eigenvalue weighted by Gasteiger charge is 2.48. The van der Waals surface area contributed by atoms with E-state index in [1.54, 1.807) is 4.67 Å². The lowest BCUT2D eigenvalue weighted by Crippen LogP contribution is -2.50. The Bertz CT molecular complexity index is 322. The smallest absolute Gasteiger partial charge is 0.303 e. The van der Waals surface area contributed by atoms with E-state index in [-0.39, 0.29) is 11.6 Å². The fraction of sp³-hybridized carbons (Fsp3) is 1.00. The third-order valence-corrected chi connectivity index (χ3v) is 6.79. The quantitative estimate of drug-likeness (QED) is 0.575. The average Bonchev–Trinajstić information content (AvgIpc) is 2.25. The van der Waals surface area contributed by atoms with Crippen LogP contribution in [0.4, 0.5) is 0 Å². The van der Waals surface area contributed by atoms with Gasteiger partial charge in [-0.2, -0.15) is 0 Å². The van der Waals surface area contributed by atoms with Crippen molar-refractivity contribution in [3.05, 3.63) is 0 Å². The molecule has 1 heterocycles. The monoisotopic (exact) mass is 316 g/mol. The molecule has 1 saturated heterocycles. The molecule has 2 atom stereocenters. The zero-order chi connectivity index (χ0) is 14.0. The molecule has 0 N–H and O–H groups in total. The maximum atomic E-state index is 13.2. The second-order valence-electron chi connectivity index (χ2n) is 5.28. The van der Waals surface area contributed by atoms with Gasteiger partial charge in [-0.3, -0.25) is 4.57 Å². The van der Waals surface area contributed by atoms with E-state index in [4.69, 9.17) is 27.7 Å². The molecule has 4 nitrogen and oxygen atoms in total. The third kappa shape index (κ3) is 3.41. The van der Waals surface area contributed by atoms with Gasteiger partial charge in [-0.05, 0) is 34.2 Å². The Kier molecular flexibility index (Phi) is 5.98. The summed E-state index contributed by atoms with van der Waals surface area (Å²) >= 11 is 11.6. The van der Waals surface area contributed by atoms with Gasteiger partial charge in [0.2, 0.25) is 0 Å². The molecule has 0 bridgehead atoms. The molecule has 1 aliphatic heterocycles. The Morgan fingerprint density at radius 3 is 2.33 bits per heavy atom. The predicted molar refractivity (Wildman–Crippen MR) is 77.6 cm³/mol. The number of alkyl halides is 2. The second-order valence-corrected chi connectivity index (χ2v) is 8.39. The first-order chi connectivity index (χ1) is 8.28. The molecule has 0 spiro atoms. The summed E-state index contributed by atoms with van der Waals surface area (Å²) in [6.07, 6.45) is 0.818. The van der Waals surface area contributed by atoms with E-state index in [0.717, 1.165) is 6.42 Å². The summed E-state index contributed by atoms with van der Waals surface area (Å²) in [6, 6.07) is 0. The Morgan fingerprint density at radius 1 is 1.39 bits per heavy atom. The molecule has 0 saturated carbocycles. The zero-order valence-corrected chi connectivity index (χ0v) is 13.9. The summed E-state index contributed by atoms with van der Waals surface area (Å²) in [7, 11) is -1.18. The fourth-order valence-corrected chi connectivity index (χ4v) is 5.65. The molecule has 0 aromatic heterocycles. The van der Waals surface area contributed by atoms with E-state index in [0.29, 0.717) is 24.8 Å². The molecule has 108 valence electrons. The van der Waals surface area contributed by atoms with E-state index in [9.17, 15) is 4.57 Å². The molecular weight excluding hydrogens is 294 g/mol. The van der Waals surface area contributed by atoms with Crippen molar-refractivity contribution in [2.75, 3.05) is 31.9 Å². The van der Waals surface area contributed by atoms with E-state index < -0.39 is 7.67 Å². The normalized spacial score (nSPS) is 32.9. The molecule has 1 rings (SSSR count). The van der Waals surface area contributed by atoms with Gasteiger partial charge in [0, 0.05) is 30.4 Å². The summed E-state index contributed by atoms with van der Waals surface area (Å²) in [4.78, 5) is 0. The summed E-state index contributed by atoms with van der Waals surface area (Å²) in [5.74, 6) is 0.819. The van der Waals surface area contributed by atoms with Crippen LogP contribution in [-0.4, -0.2) is 52.9 Å². The van der Waals surface area contributed by atoms with Crippen LogP contribution in [0.25, 0.3) is 0 Å². The van der Waals surface area contributed by atoms with Crippen LogP contribution in [0.2, 0.25) is 0 Å². The summed E-state index contributed by atoms with van der Waals surface area (Å²) < 4.78 is 22.6. The van der Waals surface area contributed by atoms with Gasteiger partial charge in [-0.1, -0.05) is 0 Å². The van der Waals surface area contributed by atoms with Gasteiger partial charge in [0.1, 0.15) is 0 Å². The SMILES string of the molecule is CC1CC(C)(C)N(C)P(=O)(N(CCCl)CCCl)O1. The average molecular weight is 317 g/mol. The minimum absolute atomic E-state index is 0.0322. The van der Waals surface area contributed by atoms with Crippen LogP contribution in [0.1, 0.15) is 27.2 Å². The highest BCUT2D eigenvalue weighted by Crippen LogP contribution is 2.61. The first-order valence-corrected chi connectivity index (χ1v) is 8.78. The molecule has 0 aliphatic carbocycles. The highest BCUT2D eigenvalue weighted by atomic mass is 35.5. The van der Waals surface area contributed by atoms with Crippen molar-refractivity contribution in [3.8, 4) is 0 Å². The molecule has 1 aliphatic rings. The van der Waals surface area contributed by atoms with Crippen LogP contribution in [0.15, 0.2) is 0 Å². The second kappa shape index (κ2) is 6.43. The highest BCUT2D eigenvalue weighted by molar-refractivity contribution is 7.54. The van der Waals surface area contributed by atoms with E-state index >= 15 is 0 Å².